The van der Waals surface area contributed by atoms with Gasteiger partial charge in [0.05, 0.1) is 27.8 Å². The Hall–Kier alpha value is -1.75. The van der Waals surface area contributed by atoms with E-state index in [1.165, 1.54) is 0 Å². The number of rotatable bonds is 3. The van der Waals surface area contributed by atoms with Crippen molar-refractivity contribution < 1.29 is 5.11 Å². The number of imidazole rings is 1. The van der Waals surface area contributed by atoms with Crippen LogP contribution in [0.5, 0.6) is 0 Å². The largest absolute Gasteiger partial charge is 0.388 e. The first-order valence-corrected chi connectivity index (χ1v) is 9.25. The van der Waals surface area contributed by atoms with Crippen LogP contribution in [0.3, 0.4) is 0 Å². The van der Waals surface area contributed by atoms with E-state index in [1.54, 1.807) is 6.07 Å². The molecule has 1 aromatic heterocycles. The first-order chi connectivity index (χ1) is 12.1. The lowest BCUT2D eigenvalue weighted by Crippen LogP contribution is -2.28. The minimum atomic E-state index is -0.487. The van der Waals surface area contributed by atoms with Gasteiger partial charge in [-0.05, 0) is 37.1 Å². The number of aliphatic hydroxyl groups excluding tert-OH is 1. The number of aliphatic hydroxyl groups is 1. The lowest BCUT2D eigenvalue weighted by molar-refractivity contribution is 0.175. The fourth-order valence-corrected chi connectivity index (χ4v) is 4.03. The molecule has 0 bridgehead atoms. The zero-order valence-electron chi connectivity index (χ0n) is 13.9. The van der Waals surface area contributed by atoms with Crippen molar-refractivity contribution in [1.82, 2.24) is 9.55 Å². The van der Waals surface area contributed by atoms with E-state index in [-0.39, 0.29) is 0 Å². The highest BCUT2D eigenvalue weighted by molar-refractivity contribution is 6.36. The van der Waals surface area contributed by atoms with Crippen molar-refractivity contribution in [2.24, 2.45) is 0 Å². The van der Waals surface area contributed by atoms with Gasteiger partial charge >= 0.3 is 0 Å². The first-order valence-electron chi connectivity index (χ1n) is 8.50. The molecule has 0 amide bonds. The third-order valence-electron chi connectivity index (χ3n) is 4.73. The van der Waals surface area contributed by atoms with Crippen molar-refractivity contribution in [3.05, 3.63) is 52.0 Å². The summed E-state index contributed by atoms with van der Waals surface area (Å²) in [7, 11) is 0. The van der Waals surface area contributed by atoms with Crippen LogP contribution in [0, 0.1) is 0 Å². The number of aryl methyl sites for hydroxylation is 1. The van der Waals surface area contributed by atoms with Crippen LogP contribution in [0.2, 0.25) is 10.0 Å². The van der Waals surface area contributed by atoms with E-state index in [0.717, 1.165) is 47.7 Å². The van der Waals surface area contributed by atoms with Crippen molar-refractivity contribution in [2.75, 3.05) is 11.4 Å². The normalized spacial score (nSPS) is 15.4. The van der Waals surface area contributed by atoms with E-state index < -0.39 is 6.10 Å². The van der Waals surface area contributed by atoms with Gasteiger partial charge in [-0.3, -0.25) is 0 Å². The Balaban J connectivity index is 1.90. The number of para-hydroxylation sites is 1. The van der Waals surface area contributed by atoms with Crippen molar-refractivity contribution in [1.29, 1.82) is 0 Å². The summed E-state index contributed by atoms with van der Waals surface area (Å²) < 4.78 is 2.19. The van der Waals surface area contributed by atoms with Gasteiger partial charge in [0.15, 0.2) is 0 Å². The van der Waals surface area contributed by atoms with E-state index in [9.17, 15) is 5.11 Å². The molecular formula is C19H19Cl2N3O. The van der Waals surface area contributed by atoms with Crippen molar-refractivity contribution in [2.45, 2.75) is 32.4 Å². The molecule has 2 aromatic carbocycles. The van der Waals surface area contributed by atoms with Gasteiger partial charge in [0.25, 0.3) is 0 Å². The Morgan fingerprint density at radius 1 is 1.20 bits per heavy atom. The summed E-state index contributed by atoms with van der Waals surface area (Å²) in [6, 6.07) is 11.5. The second-order valence-corrected chi connectivity index (χ2v) is 7.15. The molecule has 2 heterocycles. The Morgan fingerprint density at radius 2 is 2.04 bits per heavy atom. The highest BCUT2D eigenvalue weighted by atomic mass is 35.5. The average Bonchev–Trinajstić information content (AvgIpc) is 3.00. The number of fused-ring (bicyclic) bond motifs is 3. The fourth-order valence-electron chi connectivity index (χ4n) is 3.52. The fraction of sp³-hybridized carbons (Fsp3) is 0.316. The lowest BCUT2D eigenvalue weighted by atomic mass is 10.1. The number of anilines is 2. The number of hydrogen-bond donors (Lipinski definition) is 1. The minimum absolute atomic E-state index is 0.487. The van der Waals surface area contributed by atoms with Crippen LogP contribution in [-0.2, 0) is 6.54 Å². The van der Waals surface area contributed by atoms with Crippen LogP contribution in [0.1, 0.15) is 31.4 Å². The lowest BCUT2D eigenvalue weighted by Gasteiger charge is -2.30. The Bertz CT molecular complexity index is 938. The highest BCUT2D eigenvalue weighted by Crippen LogP contribution is 2.38. The molecule has 0 radical (unpaired) electrons. The maximum Gasteiger partial charge on any atom is 0.211 e. The number of benzene rings is 2. The topological polar surface area (TPSA) is 41.3 Å². The second kappa shape index (κ2) is 6.52. The van der Waals surface area contributed by atoms with Crippen LogP contribution in [-0.4, -0.2) is 21.2 Å². The maximum absolute atomic E-state index is 10.4. The molecule has 0 spiro atoms. The van der Waals surface area contributed by atoms with Crippen molar-refractivity contribution >= 4 is 45.9 Å². The molecule has 6 heteroatoms. The Morgan fingerprint density at radius 3 is 2.80 bits per heavy atom. The Kier molecular flexibility index (Phi) is 4.36. The average molecular weight is 376 g/mol. The molecule has 1 aliphatic heterocycles. The van der Waals surface area contributed by atoms with E-state index in [4.69, 9.17) is 28.2 Å². The van der Waals surface area contributed by atoms with E-state index in [2.05, 4.69) is 9.47 Å². The zero-order valence-corrected chi connectivity index (χ0v) is 15.4. The number of hydrogen-bond acceptors (Lipinski definition) is 3. The third-order valence-corrected chi connectivity index (χ3v) is 5.27. The summed E-state index contributed by atoms with van der Waals surface area (Å²) in [6.45, 7) is 3.70. The molecule has 1 atom stereocenters. The summed E-state index contributed by atoms with van der Waals surface area (Å²) in [4.78, 5) is 6.97. The predicted molar refractivity (Wildman–Crippen MR) is 103 cm³/mol. The van der Waals surface area contributed by atoms with Gasteiger partial charge in [0.1, 0.15) is 0 Å². The van der Waals surface area contributed by atoms with E-state index >= 15 is 0 Å². The van der Waals surface area contributed by atoms with Gasteiger partial charge in [-0.1, -0.05) is 42.3 Å². The van der Waals surface area contributed by atoms with E-state index in [0.29, 0.717) is 16.5 Å². The summed E-state index contributed by atoms with van der Waals surface area (Å²) in [5, 5.41) is 11.6. The highest BCUT2D eigenvalue weighted by Gasteiger charge is 2.26. The van der Waals surface area contributed by atoms with Gasteiger partial charge in [-0.25, -0.2) is 4.98 Å². The smallest absolute Gasteiger partial charge is 0.211 e. The van der Waals surface area contributed by atoms with Gasteiger partial charge in [0.2, 0.25) is 5.95 Å². The molecule has 3 aromatic rings. The second-order valence-electron chi connectivity index (χ2n) is 6.30. The zero-order chi connectivity index (χ0) is 17.6. The molecule has 0 fully saturated rings. The standard InChI is InChI=1S/C19H19Cl2N3O/c1-2-17(25)13-5-3-6-15-18(13)24-10-4-9-23(19(24)22-15)16-8-7-12(20)11-14(16)21/h3,5-8,11,17,25H,2,4,9-10H2,1H3. The van der Waals surface area contributed by atoms with Crippen LogP contribution >= 0.6 is 23.2 Å². The molecular weight excluding hydrogens is 357 g/mol. The summed E-state index contributed by atoms with van der Waals surface area (Å²) in [5.74, 6) is 0.862. The van der Waals surface area contributed by atoms with E-state index in [1.807, 2.05) is 37.3 Å². The molecule has 0 saturated heterocycles. The van der Waals surface area contributed by atoms with Crippen molar-refractivity contribution in [3.63, 3.8) is 0 Å². The van der Waals surface area contributed by atoms with Gasteiger partial charge < -0.3 is 14.6 Å². The van der Waals surface area contributed by atoms with Crippen molar-refractivity contribution in [3.8, 4) is 0 Å². The quantitative estimate of drug-likeness (QED) is 0.672. The van der Waals surface area contributed by atoms with Gasteiger partial charge in [0, 0.05) is 23.7 Å². The molecule has 1 unspecified atom stereocenters. The minimum Gasteiger partial charge on any atom is -0.388 e. The molecule has 0 saturated carbocycles. The monoisotopic (exact) mass is 375 g/mol. The molecule has 25 heavy (non-hydrogen) atoms. The molecule has 4 rings (SSSR count). The maximum atomic E-state index is 10.4. The molecule has 0 aliphatic carbocycles. The molecule has 1 N–H and O–H groups in total. The number of halogens is 2. The third kappa shape index (κ3) is 2.78. The summed E-state index contributed by atoms with van der Waals surface area (Å²) >= 11 is 12.5. The van der Waals surface area contributed by atoms with Gasteiger partial charge in [-0.15, -0.1) is 0 Å². The summed E-state index contributed by atoms with van der Waals surface area (Å²) in [5.41, 5.74) is 3.75. The predicted octanol–water partition coefficient (Wildman–Crippen LogP) is 5.33. The van der Waals surface area contributed by atoms with Crippen LogP contribution in [0.4, 0.5) is 11.6 Å². The molecule has 130 valence electrons. The van der Waals surface area contributed by atoms with Gasteiger partial charge in [-0.2, -0.15) is 0 Å². The van der Waals surface area contributed by atoms with Crippen LogP contribution < -0.4 is 4.90 Å². The summed E-state index contributed by atoms with van der Waals surface area (Å²) in [6.07, 6.45) is 1.17. The van der Waals surface area contributed by atoms with Crippen LogP contribution in [0.15, 0.2) is 36.4 Å². The van der Waals surface area contributed by atoms with Crippen LogP contribution in [0.25, 0.3) is 11.0 Å². The number of aromatic nitrogens is 2. The SMILES string of the molecule is CCC(O)c1cccc2nc3n(c12)CCCN3c1ccc(Cl)cc1Cl. The Labute approximate surface area is 156 Å². The molecule has 4 nitrogen and oxygen atoms in total. The first kappa shape index (κ1) is 16.7. The molecule has 1 aliphatic rings. The number of nitrogens with zero attached hydrogens (tertiary/aromatic N) is 3.